The van der Waals surface area contributed by atoms with Crippen molar-refractivity contribution in [2.45, 2.75) is 31.7 Å². The van der Waals surface area contributed by atoms with Crippen molar-refractivity contribution >= 4 is 23.5 Å². The maximum absolute atomic E-state index is 13.9. The second-order valence-corrected chi connectivity index (χ2v) is 5.25. The van der Waals surface area contributed by atoms with Gasteiger partial charge < -0.3 is 10.0 Å². The van der Waals surface area contributed by atoms with Gasteiger partial charge in [-0.15, -0.1) is 0 Å². The number of benzene rings is 1. The number of hydrogen-bond acceptors (Lipinski definition) is 2. The Labute approximate surface area is 121 Å². The molecule has 0 bridgehead atoms. The molecule has 4 nitrogen and oxygen atoms in total. The van der Waals surface area contributed by atoms with Crippen LogP contribution in [-0.4, -0.2) is 34.5 Å². The lowest BCUT2D eigenvalue weighted by Gasteiger charge is -2.35. The van der Waals surface area contributed by atoms with E-state index in [0.717, 1.165) is 12.8 Å². The van der Waals surface area contributed by atoms with Crippen molar-refractivity contribution in [2.24, 2.45) is 0 Å². The topological polar surface area (TPSA) is 57.6 Å². The quantitative estimate of drug-likeness (QED) is 0.933. The number of piperidine rings is 1. The van der Waals surface area contributed by atoms with Crippen molar-refractivity contribution in [2.75, 3.05) is 6.54 Å². The summed E-state index contributed by atoms with van der Waals surface area (Å²) in [6.45, 7) is 0.447. The van der Waals surface area contributed by atoms with Crippen molar-refractivity contribution in [1.29, 1.82) is 0 Å². The Kier molecular flexibility index (Phi) is 4.60. The zero-order valence-corrected chi connectivity index (χ0v) is 11.6. The van der Waals surface area contributed by atoms with E-state index in [-0.39, 0.29) is 23.0 Å². The Balaban J connectivity index is 2.25. The van der Waals surface area contributed by atoms with Gasteiger partial charge in [0.15, 0.2) is 5.82 Å². The fourth-order valence-corrected chi connectivity index (χ4v) is 2.68. The molecular formula is C14H15ClFNO3. The van der Waals surface area contributed by atoms with E-state index in [4.69, 9.17) is 16.7 Å². The second kappa shape index (κ2) is 6.22. The maximum Gasteiger partial charge on any atom is 0.305 e. The number of carbonyl (C=O) groups is 2. The van der Waals surface area contributed by atoms with Gasteiger partial charge in [-0.05, 0) is 31.4 Å². The predicted octanol–water partition coefficient (Wildman–Crippen LogP) is 2.95. The first-order valence-electron chi connectivity index (χ1n) is 6.47. The van der Waals surface area contributed by atoms with Crippen LogP contribution < -0.4 is 0 Å². The van der Waals surface area contributed by atoms with E-state index in [1.807, 2.05) is 0 Å². The summed E-state index contributed by atoms with van der Waals surface area (Å²) in [4.78, 5) is 24.7. The molecule has 1 fully saturated rings. The second-order valence-electron chi connectivity index (χ2n) is 4.85. The number of amides is 1. The zero-order chi connectivity index (χ0) is 14.7. The van der Waals surface area contributed by atoms with Gasteiger partial charge in [-0.2, -0.15) is 0 Å². The molecule has 1 N–H and O–H groups in total. The summed E-state index contributed by atoms with van der Waals surface area (Å²) in [6, 6.07) is 3.87. The molecule has 1 aliphatic rings. The lowest BCUT2D eigenvalue weighted by atomic mass is 9.98. The summed E-state index contributed by atoms with van der Waals surface area (Å²) in [5, 5.41) is 8.79. The summed E-state index contributed by atoms with van der Waals surface area (Å²) >= 11 is 5.68. The predicted molar refractivity (Wildman–Crippen MR) is 72.3 cm³/mol. The van der Waals surface area contributed by atoms with Crippen LogP contribution in [0.15, 0.2) is 18.2 Å². The Morgan fingerprint density at radius 1 is 1.40 bits per heavy atom. The minimum absolute atomic E-state index is 0.102. The molecule has 1 aliphatic heterocycles. The third kappa shape index (κ3) is 3.10. The van der Waals surface area contributed by atoms with Crippen LogP contribution in [0.2, 0.25) is 5.02 Å². The SMILES string of the molecule is O=C(O)CC1CCCCN1C(=O)c1cccc(Cl)c1F. The first kappa shape index (κ1) is 14.8. The number of halogens is 2. The lowest BCUT2D eigenvalue weighted by Crippen LogP contribution is -2.45. The smallest absolute Gasteiger partial charge is 0.305 e. The summed E-state index contributed by atoms with van der Waals surface area (Å²) < 4.78 is 13.9. The number of carbonyl (C=O) groups excluding carboxylic acids is 1. The molecule has 1 amide bonds. The van der Waals surface area contributed by atoms with Crippen LogP contribution in [0, 0.1) is 5.82 Å². The average Bonchev–Trinajstić information content (AvgIpc) is 2.41. The fourth-order valence-electron chi connectivity index (χ4n) is 2.51. The lowest BCUT2D eigenvalue weighted by molar-refractivity contribution is -0.138. The summed E-state index contributed by atoms with van der Waals surface area (Å²) in [6.07, 6.45) is 2.18. The molecule has 20 heavy (non-hydrogen) atoms. The van der Waals surface area contributed by atoms with Crippen LogP contribution in [0.25, 0.3) is 0 Å². The molecule has 2 rings (SSSR count). The van der Waals surface area contributed by atoms with Crippen molar-refractivity contribution in [1.82, 2.24) is 4.90 Å². The number of hydrogen-bond donors (Lipinski definition) is 1. The highest BCUT2D eigenvalue weighted by atomic mass is 35.5. The normalized spacial score (nSPS) is 18.9. The Bertz CT molecular complexity index is 535. The van der Waals surface area contributed by atoms with E-state index >= 15 is 0 Å². The summed E-state index contributed by atoms with van der Waals surface area (Å²) in [7, 11) is 0. The van der Waals surface area contributed by atoms with Crippen LogP contribution in [-0.2, 0) is 4.79 Å². The van der Waals surface area contributed by atoms with Crippen LogP contribution in [0.3, 0.4) is 0 Å². The van der Waals surface area contributed by atoms with E-state index in [0.29, 0.717) is 13.0 Å². The van der Waals surface area contributed by atoms with Crippen molar-refractivity contribution < 1.29 is 19.1 Å². The largest absolute Gasteiger partial charge is 0.481 e. The van der Waals surface area contributed by atoms with Crippen molar-refractivity contribution in [3.8, 4) is 0 Å². The minimum Gasteiger partial charge on any atom is -0.481 e. The molecule has 0 saturated carbocycles. The number of rotatable bonds is 3. The van der Waals surface area contributed by atoms with Crippen LogP contribution >= 0.6 is 11.6 Å². The van der Waals surface area contributed by atoms with E-state index in [9.17, 15) is 14.0 Å². The number of carboxylic acid groups (broad SMARTS) is 1. The maximum atomic E-state index is 13.9. The third-order valence-corrected chi connectivity index (χ3v) is 3.77. The molecule has 1 aromatic carbocycles. The number of aliphatic carboxylic acids is 1. The molecule has 6 heteroatoms. The Morgan fingerprint density at radius 3 is 2.85 bits per heavy atom. The third-order valence-electron chi connectivity index (χ3n) is 3.48. The van der Waals surface area contributed by atoms with E-state index in [1.165, 1.54) is 23.1 Å². The number of likely N-dealkylation sites (tertiary alicyclic amines) is 1. The highest BCUT2D eigenvalue weighted by Gasteiger charge is 2.30. The van der Waals surface area contributed by atoms with Gasteiger partial charge in [-0.3, -0.25) is 9.59 Å². The van der Waals surface area contributed by atoms with Crippen molar-refractivity contribution in [3.05, 3.63) is 34.6 Å². The van der Waals surface area contributed by atoms with Crippen molar-refractivity contribution in [3.63, 3.8) is 0 Å². The van der Waals surface area contributed by atoms with Gasteiger partial charge in [-0.25, -0.2) is 4.39 Å². The molecule has 1 atom stereocenters. The minimum atomic E-state index is -0.957. The van der Waals surface area contributed by atoms with Crippen LogP contribution in [0.1, 0.15) is 36.0 Å². The zero-order valence-electron chi connectivity index (χ0n) is 10.8. The van der Waals surface area contributed by atoms with Gasteiger partial charge in [0.25, 0.3) is 5.91 Å². The highest BCUT2D eigenvalue weighted by Crippen LogP contribution is 2.25. The molecule has 0 spiro atoms. The molecular weight excluding hydrogens is 285 g/mol. The standard InChI is InChI=1S/C14H15ClFNO3/c15-11-6-3-5-10(13(11)16)14(20)17-7-2-1-4-9(17)8-12(18)19/h3,5-6,9H,1-2,4,7-8H2,(H,18,19). The van der Waals surface area contributed by atoms with Crippen LogP contribution in [0.4, 0.5) is 4.39 Å². The Hall–Kier alpha value is -1.62. The molecule has 108 valence electrons. The molecule has 1 unspecified atom stereocenters. The highest BCUT2D eigenvalue weighted by molar-refractivity contribution is 6.31. The average molecular weight is 300 g/mol. The van der Waals surface area contributed by atoms with Gasteiger partial charge in [0.1, 0.15) is 0 Å². The number of nitrogens with zero attached hydrogens (tertiary/aromatic N) is 1. The monoisotopic (exact) mass is 299 g/mol. The first-order chi connectivity index (χ1) is 9.50. The molecule has 1 saturated heterocycles. The van der Waals surface area contributed by atoms with Gasteiger partial charge >= 0.3 is 5.97 Å². The fraction of sp³-hybridized carbons (Fsp3) is 0.429. The van der Waals surface area contributed by atoms with E-state index in [1.54, 1.807) is 0 Å². The summed E-state index contributed by atoms with van der Waals surface area (Å²) in [5.41, 5.74) is -0.102. The first-order valence-corrected chi connectivity index (χ1v) is 6.85. The molecule has 1 heterocycles. The van der Waals surface area contributed by atoms with Gasteiger partial charge in [0.05, 0.1) is 17.0 Å². The molecule has 0 aromatic heterocycles. The van der Waals surface area contributed by atoms with Crippen LogP contribution in [0.5, 0.6) is 0 Å². The molecule has 0 aliphatic carbocycles. The molecule has 1 aromatic rings. The van der Waals surface area contributed by atoms with Gasteiger partial charge in [0.2, 0.25) is 0 Å². The number of carboxylic acids is 1. The van der Waals surface area contributed by atoms with Gasteiger partial charge in [-0.1, -0.05) is 17.7 Å². The Morgan fingerprint density at radius 2 is 2.15 bits per heavy atom. The van der Waals surface area contributed by atoms with Gasteiger partial charge in [0, 0.05) is 12.6 Å². The summed E-state index contributed by atoms with van der Waals surface area (Å²) in [5.74, 6) is -2.20. The molecule has 0 radical (unpaired) electrons. The van der Waals surface area contributed by atoms with E-state index < -0.39 is 17.7 Å². The van der Waals surface area contributed by atoms with E-state index in [2.05, 4.69) is 0 Å².